The molecule has 0 bridgehead atoms. The van der Waals surface area contributed by atoms with Crippen molar-refractivity contribution in [2.24, 2.45) is 0 Å². The lowest BCUT2D eigenvalue weighted by Gasteiger charge is -2.16. The Morgan fingerprint density at radius 2 is 2.20 bits per heavy atom. The molecule has 0 saturated heterocycles. The summed E-state index contributed by atoms with van der Waals surface area (Å²) in [6, 6.07) is 3.41. The highest BCUT2D eigenvalue weighted by molar-refractivity contribution is 7.54. The van der Waals surface area contributed by atoms with Gasteiger partial charge >= 0.3 is 7.60 Å². The lowest BCUT2D eigenvalue weighted by Crippen LogP contribution is -2.06. The van der Waals surface area contributed by atoms with Crippen molar-refractivity contribution in [3.63, 3.8) is 0 Å². The molecule has 1 atom stereocenters. The number of hydrogen-bond acceptors (Lipinski definition) is 5. The van der Waals surface area contributed by atoms with Gasteiger partial charge in [0.25, 0.3) is 0 Å². The van der Waals surface area contributed by atoms with Crippen LogP contribution in [0.4, 0.5) is 0 Å². The zero-order valence-corrected chi connectivity index (χ0v) is 9.39. The van der Waals surface area contributed by atoms with Gasteiger partial charge in [0.05, 0.1) is 6.26 Å². The van der Waals surface area contributed by atoms with Crippen molar-refractivity contribution in [1.82, 2.24) is 0 Å². The van der Waals surface area contributed by atoms with Crippen LogP contribution < -0.4 is 0 Å². The fourth-order valence-electron chi connectivity index (χ4n) is 0.963. The van der Waals surface area contributed by atoms with E-state index in [0.717, 1.165) is 0 Å². The second kappa shape index (κ2) is 5.28. The highest BCUT2D eigenvalue weighted by atomic mass is 31.2. The van der Waals surface area contributed by atoms with E-state index >= 15 is 0 Å². The highest BCUT2D eigenvalue weighted by Gasteiger charge is 2.29. The van der Waals surface area contributed by atoms with Crippen molar-refractivity contribution in [2.45, 2.75) is 5.85 Å². The zero-order valence-electron chi connectivity index (χ0n) is 8.49. The van der Waals surface area contributed by atoms with Crippen molar-refractivity contribution in [3.8, 4) is 0 Å². The van der Waals surface area contributed by atoms with Crippen molar-refractivity contribution in [3.05, 3.63) is 30.2 Å². The van der Waals surface area contributed by atoms with Gasteiger partial charge in [0.15, 0.2) is 5.85 Å². The molecule has 0 unspecified atom stereocenters. The zero-order chi connectivity index (χ0) is 11.3. The number of aliphatic hydroxyl groups excluding tert-OH is 1. The first-order valence-electron chi connectivity index (χ1n) is 4.23. The number of hydrogen-bond donors (Lipinski definition) is 1. The monoisotopic (exact) mass is 232 g/mol. The molecule has 0 aromatic carbocycles. The van der Waals surface area contributed by atoms with Crippen molar-refractivity contribution in [1.29, 1.82) is 0 Å². The summed E-state index contributed by atoms with van der Waals surface area (Å²) in [4.78, 5) is 0. The summed E-state index contributed by atoms with van der Waals surface area (Å²) in [5.74, 6) is -0.759. The minimum Gasteiger partial charge on any atom is -0.465 e. The molecule has 1 aromatic rings. The van der Waals surface area contributed by atoms with Gasteiger partial charge in [0, 0.05) is 14.2 Å². The van der Waals surface area contributed by atoms with E-state index in [-0.39, 0.29) is 0 Å². The maximum atomic E-state index is 11.6. The van der Waals surface area contributed by atoms with Gasteiger partial charge < -0.3 is 18.6 Å². The molecule has 1 rings (SSSR count). The largest absolute Gasteiger partial charge is 0.465 e. The van der Waals surface area contributed by atoms with Crippen LogP contribution >= 0.6 is 7.60 Å². The van der Waals surface area contributed by atoms with Crippen LogP contribution in [-0.2, 0) is 13.6 Å². The molecule has 0 amide bonds. The average molecular weight is 232 g/mol. The maximum absolute atomic E-state index is 11.6. The quantitative estimate of drug-likeness (QED) is 0.787. The van der Waals surface area contributed by atoms with Crippen molar-refractivity contribution < 1.29 is 23.1 Å². The smallest absolute Gasteiger partial charge is 0.362 e. The van der Waals surface area contributed by atoms with Crippen LogP contribution in [0.5, 0.6) is 0 Å². The second-order valence-electron chi connectivity index (χ2n) is 2.69. The van der Waals surface area contributed by atoms with Gasteiger partial charge in [-0.15, -0.1) is 0 Å². The Labute approximate surface area is 87.8 Å². The first-order chi connectivity index (χ1) is 7.12. The molecule has 0 aliphatic carbocycles. The predicted molar refractivity (Wildman–Crippen MR) is 55.4 cm³/mol. The Morgan fingerprint density at radius 3 is 2.67 bits per heavy atom. The minimum absolute atomic E-state index is 0.549. The van der Waals surface area contributed by atoms with Gasteiger partial charge in [0.1, 0.15) is 5.76 Å². The third-order valence-corrected chi connectivity index (χ3v) is 3.65. The highest BCUT2D eigenvalue weighted by Crippen LogP contribution is 2.50. The molecule has 0 aliphatic rings. The van der Waals surface area contributed by atoms with Crippen LogP contribution in [0.2, 0.25) is 0 Å². The summed E-state index contributed by atoms with van der Waals surface area (Å²) in [7, 11) is -1.03. The molecule has 1 heterocycles. The molecular formula is C9H13O5P. The Morgan fingerprint density at radius 1 is 1.53 bits per heavy atom. The van der Waals surface area contributed by atoms with Gasteiger partial charge in [-0.3, -0.25) is 4.57 Å². The van der Waals surface area contributed by atoms with E-state index in [2.05, 4.69) is 9.05 Å². The third-order valence-electron chi connectivity index (χ3n) is 1.81. The summed E-state index contributed by atoms with van der Waals surface area (Å²) >= 11 is 0. The standard InChI is InChI=1S/C9H13O5P/c1-12-15(11,13-2)9(10)6-5-8-4-3-7-14-8/h3-7,9-10H,1-2H3/b6-5+/t9-/m0/s1. The fourth-order valence-corrected chi connectivity index (χ4v) is 1.84. The van der Waals surface area contributed by atoms with Crippen LogP contribution in [-0.4, -0.2) is 25.2 Å². The van der Waals surface area contributed by atoms with E-state index in [1.165, 1.54) is 32.6 Å². The van der Waals surface area contributed by atoms with Gasteiger partial charge in [-0.1, -0.05) is 0 Å². The Hall–Kier alpha value is -0.870. The molecule has 5 nitrogen and oxygen atoms in total. The Bertz CT molecular complexity index is 349. The van der Waals surface area contributed by atoms with E-state index in [4.69, 9.17) is 4.42 Å². The third kappa shape index (κ3) is 3.04. The Kier molecular flexibility index (Phi) is 4.29. The van der Waals surface area contributed by atoms with Crippen molar-refractivity contribution in [2.75, 3.05) is 14.2 Å². The van der Waals surface area contributed by atoms with E-state index < -0.39 is 13.4 Å². The lowest BCUT2D eigenvalue weighted by atomic mass is 10.4. The maximum Gasteiger partial charge on any atom is 0.362 e. The molecule has 15 heavy (non-hydrogen) atoms. The van der Waals surface area contributed by atoms with E-state index in [9.17, 15) is 9.67 Å². The van der Waals surface area contributed by atoms with Crippen LogP contribution in [0, 0.1) is 0 Å². The number of aliphatic hydroxyl groups is 1. The first kappa shape index (κ1) is 12.2. The predicted octanol–water partition coefficient (Wildman–Crippen LogP) is 2.10. The molecule has 84 valence electrons. The molecule has 0 spiro atoms. The molecule has 0 fully saturated rings. The van der Waals surface area contributed by atoms with E-state index in [0.29, 0.717) is 5.76 Å². The number of rotatable bonds is 5. The number of furan rings is 1. The summed E-state index contributed by atoms with van der Waals surface area (Å²) in [5.41, 5.74) is 0. The first-order valence-corrected chi connectivity index (χ1v) is 5.84. The molecule has 0 saturated carbocycles. The molecule has 1 aromatic heterocycles. The summed E-state index contributed by atoms with van der Waals surface area (Å²) < 4.78 is 25.9. The average Bonchev–Trinajstić information content (AvgIpc) is 2.77. The van der Waals surface area contributed by atoms with Gasteiger partial charge in [-0.05, 0) is 24.3 Å². The van der Waals surface area contributed by atoms with Crippen LogP contribution in [0.25, 0.3) is 6.08 Å². The summed E-state index contributed by atoms with van der Waals surface area (Å²) in [6.45, 7) is 0. The molecular weight excluding hydrogens is 219 g/mol. The topological polar surface area (TPSA) is 68.9 Å². The summed E-state index contributed by atoms with van der Waals surface area (Å²) in [6.07, 6.45) is 4.29. The lowest BCUT2D eigenvalue weighted by molar-refractivity contribution is 0.201. The van der Waals surface area contributed by atoms with Crippen LogP contribution in [0.15, 0.2) is 28.9 Å². The normalized spacial score (nSPS) is 14.6. The fraction of sp³-hybridized carbons (Fsp3) is 0.333. The SMILES string of the molecule is COP(=O)(OC)[C@H](O)/C=C/c1ccco1. The van der Waals surface area contributed by atoms with Crippen molar-refractivity contribution >= 4 is 13.7 Å². The van der Waals surface area contributed by atoms with Gasteiger partial charge in [-0.25, -0.2) is 0 Å². The van der Waals surface area contributed by atoms with Gasteiger partial charge in [0.2, 0.25) is 0 Å². The molecule has 1 N–H and O–H groups in total. The van der Waals surface area contributed by atoms with E-state index in [1.807, 2.05) is 0 Å². The van der Waals surface area contributed by atoms with Crippen LogP contribution in [0.1, 0.15) is 5.76 Å². The molecule has 6 heteroatoms. The van der Waals surface area contributed by atoms with Crippen LogP contribution in [0.3, 0.4) is 0 Å². The van der Waals surface area contributed by atoms with Gasteiger partial charge in [-0.2, -0.15) is 0 Å². The van der Waals surface area contributed by atoms with E-state index in [1.54, 1.807) is 12.1 Å². The summed E-state index contributed by atoms with van der Waals surface area (Å²) in [5, 5.41) is 9.53. The minimum atomic E-state index is -3.46. The molecule has 0 aliphatic heterocycles. The Balaban J connectivity index is 2.70. The molecule has 0 radical (unpaired) electrons. The second-order valence-corrected chi connectivity index (χ2v) is 5.03.